The van der Waals surface area contributed by atoms with E-state index in [4.69, 9.17) is 9.31 Å². The van der Waals surface area contributed by atoms with Gasteiger partial charge in [0, 0.05) is 8.07 Å². The lowest BCUT2D eigenvalue weighted by Gasteiger charge is -2.56. The van der Waals surface area contributed by atoms with Crippen molar-refractivity contribution in [1.29, 1.82) is 0 Å². The molecule has 2 aliphatic carbocycles. The molecule has 0 aromatic rings. The Morgan fingerprint density at radius 2 is 1.56 bits per heavy atom. The zero-order valence-electron chi connectivity index (χ0n) is 17.3. The number of halogens is 1. The Morgan fingerprint density at radius 3 is 2.04 bits per heavy atom. The van der Waals surface area contributed by atoms with Crippen LogP contribution in [-0.4, -0.2) is 26.4 Å². The fourth-order valence-electron chi connectivity index (χ4n) is 5.08. The van der Waals surface area contributed by atoms with Gasteiger partial charge in [0.1, 0.15) is 5.73 Å². The van der Waals surface area contributed by atoms with Gasteiger partial charge in [-0.15, -0.1) is 0 Å². The van der Waals surface area contributed by atoms with Crippen molar-refractivity contribution in [3.63, 3.8) is 0 Å². The zero-order valence-corrected chi connectivity index (χ0v) is 18.3. The molecule has 0 aromatic heterocycles. The van der Waals surface area contributed by atoms with Gasteiger partial charge in [-0.05, 0) is 63.9 Å². The second-order valence-corrected chi connectivity index (χ2v) is 16.3. The predicted octanol–water partition coefficient (Wildman–Crippen LogP) is 6.15. The molecule has 0 aromatic carbocycles. The van der Waals surface area contributed by atoms with E-state index < -0.39 is 26.4 Å². The highest BCUT2D eigenvalue weighted by Crippen LogP contribution is 2.63. The largest absolute Gasteiger partial charge is 0.525 e. The number of hydrogen-bond acceptors (Lipinski definition) is 2. The summed E-state index contributed by atoms with van der Waals surface area (Å²) in [4.78, 5) is 0. The van der Waals surface area contributed by atoms with Gasteiger partial charge in [0.05, 0.1) is 11.2 Å². The quantitative estimate of drug-likeness (QED) is 0.558. The van der Waals surface area contributed by atoms with Gasteiger partial charge >= 0.3 is 7.12 Å². The molecule has 3 fully saturated rings. The lowest BCUT2D eigenvalue weighted by molar-refractivity contribution is 0.00578. The Hall–Kier alpha value is -0.128. The molecule has 1 spiro atoms. The van der Waals surface area contributed by atoms with E-state index >= 15 is 4.39 Å². The summed E-state index contributed by atoms with van der Waals surface area (Å²) in [6.45, 7) is 15.3. The SMILES string of the molecule is CC1(C)OB(C(F)=C2CC(C[Si](C)(C)C)C23CCCCC3)OC1(C)C. The fourth-order valence-corrected chi connectivity index (χ4v) is 7.10. The van der Waals surface area contributed by atoms with E-state index in [2.05, 4.69) is 19.6 Å². The lowest BCUT2D eigenvalue weighted by Crippen LogP contribution is -2.48. The highest BCUT2D eigenvalue weighted by atomic mass is 28.3. The van der Waals surface area contributed by atoms with Crippen LogP contribution >= 0.6 is 0 Å². The molecular weight excluding hydrogens is 330 g/mol. The summed E-state index contributed by atoms with van der Waals surface area (Å²) in [6.07, 6.45) is 7.01. The minimum Gasteiger partial charge on any atom is -0.398 e. The smallest absolute Gasteiger partial charge is 0.398 e. The van der Waals surface area contributed by atoms with Crippen molar-refractivity contribution in [3.8, 4) is 0 Å². The van der Waals surface area contributed by atoms with E-state index in [0.29, 0.717) is 5.92 Å². The van der Waals surface area contributed by atoms with Crippen molar-refractivity contribution in [2.24, 2.45) is 11.3 Å². The third-order valence-corrected chi connectivity index (χ3v) is 8.90. The van der Waals surface area contributed by atoms with Gasteiger partial charge in [-0.3, -0.25) is 0 Å². The zero-order chi connectivity index (χ0) is 18.7. The van der Waals surface area contributed by atoms with Crippen molar-refractivity contribution in [2.45, 2.75) is 103 Å². The van der Waals surface area contributed by atoms with Crippen LogP contribution in [0.1, 0.15) is 66.2 Å². The molecule has 1 unspecified atom stereocenters. The highest BCUT2D eigenvalue weighted by molar-refractivity contribution is 6.76. The van der Waals surface area contributed by atoms with Crippen LogP contribution in [0, 0.1) is 11.3 Å². The molecule has 1 aliphatic heterocycles. The highest BCUT2D eigenvalue weighted by Gasteiger charge is 2.58. The van der Waals surface area contributed by atoms with Crippen LogP contribution in [0.2, 0.25) is 25.7 Å². The first-order valence-corrected chi connectivity index (χ1v) is 13.8. The Labute approximate surface area is 155 Å². The number of rotatable bonds is 3. The van der Waals surface area contributed by atoms with Crippen molar-refractivity contribution in [1.82, 2.24) is 0 Å². The Bertz CT molecular complexity index is 543. The summed E-state index contributed by atoms with van der Waals surface area (Å²) >= 11 is 0. The first-order chi connectivity index (χ1) is 11.4. The minimum atomic E-state index is -1.15. The molecule has 2 saturated carbocycles. The summed E-state index contributed by atoms with van der Waals surface area (Å²) in [5.41, 5.74) is 0.0843. The van der Waals surface area contributed by atoms with Crippen molar-refractivity contribution < 1.29 is 13.7 Å². The van der Waals surface area contributed by atoms with E-state index in [0.717, 1.165) is 24.8 Å². The van der Waals surface area contributed by atoms with E-state index in [9.17, 15) is 0 Å². The summed E-state index contributed by atoms with van der Waals surface area (Å²) < 4.78 is 27.5. The van der Waals surface area contributed by atoms with Crippen LogP contribution in [0.15, 0.2) is 11.3 Å². The Kier molecular flexibility index (Phi) is 4.87. The average molecular weight is 366 g/mol. The lowest BCUT2D eigenvalue weighted by atomic mass is 9.49. The standard InChI is InChI=1S/C20H36BFO2Si/c1-18(2)19(3,4)24-21(23-18)17(22)16-13-15(14-25(5,6)7)20(16)11-9-8-10-12-20/h15H,8-14H2,1-7H3. The van der Waals surface area contributed by atoms with Gasteiger partial charge in [-0.25, -0.2) is 4.39 Å². The molecule has 0 amide bonds. The van der Waals surface area contributed by atoms with Crippen molar-refractivity contribution in [3.05, 3.63) is 11.3 Å². The van der Waals surface area contributed by atoms with Crippen LogP contribution in [0.25, 0.3) is 0 Å². The predicted molar refractivity (Wildman–Crippen MR) is 106 cm³/mol. The molecular formula is C20H36BFO2Si. The molecule has 142 valence electrons. The Morgan fingerprint density at radius 1 is 1.04 bits per heavy atom. The Balaban J connectivity index is 1.87. The number of hydrogen-bond donors (Lipinski definition) is 0. The van der Waals surface area contributed by atoms with Crippen LogP contribution in [0.4, 0.5) is 4.39 Å². The van der Waals surface area contributed by atoms with Crippen LogP contribution in [-0.2, 0) is 9.31 Å². The third kappa shape index (κ3) is 3.41. The molecule has 3 rings (SSSR count). The molecule has 0 bridgehead atoms. The van der Waals surface area contributed by atoms with Gasteiger partial charge in [0.15, 0.2) is 0 Å². The first kappa shape index (κ1) is 19.6. The molecule has 25 heavy (non-hydrogen) atoms. The molecule has 1 heterocycles. The second-order valence-electron chi connectivity index (χ2n) is 10.8. The summed E-state index contributed by atoms with van der Waals surface area (Å²) in [5.74, 6) is 0.669. The molecule has 2 nitrogen and oxygen atoms in total. The molecule has 1 atom stereocenters. The average Bonchev–Trinajstić information content (AvgIpc) is 2.71. The fraction of sp³-hybridized carbons (Fsp3) is 0.900. The van der Waals surface area contributed by atoms with Gasteiger partial charge in [0.2, 0.25) is 0 Å². The topological polar surface area (TPSA) is 18.5 Å². The molecule has 3 aliphatic rings. The second kappa shape index (κ2) is 6.20. The van der Waals surface area contributed by atoms with Crippen molar-refractivity contribution >= 4 is 15.2 Å². The maximum Gasteiger partial charge on any atom is 0.525 e. The first-order valence-electron chi connectivity index (χ1n) is 10.1. The molecule has 5 heteroatoms. The number of allylic oxidation sites excluding steroid dienone is 1. The van der Waals surface area contributed by atoms with Crippen LogP contribution in [0.3, 0.4) is 0 Å². The summed E-state index contributed by atoms with van der Waals surface area (Å²) in [6, 6.07) is 1.31. The van der Waals surface area contributed by atoms with Gasteiger partial charge in [-0.2, -0.15) is 0 Å². The molecule has 1 saturated heterocycles. The summed E-state index contributed by atoms with van der Waals surface area (Å²) in [5, 5.41) is 0. The van der Waals surface area contributed by atoms with Crippen LogP contribution < -0.4 is 0 Å². The molecule has 0 N–H and O–H groups in total. The van der Waals surface area contributed by atoms with E-state index in [1.54, 1.807) is 0 Å². The van der Waals surface area contributed by atoms with Gasteiger partial charge in [0.25, 0.3) is 0 Å². The molecule has 0 radical (unpaired) electrons. The normalized spacial score (nSPS) is 32.6. The van der Waals surface area contributed by atoms with Gasteiger partial charge < -0.3 is 9.31 Å². The monoisotopic (exact) mass is 366 g/mol. The van der Waals surface area contributed by atoms with Crippen molar-refractivity contribution in [2.75, 3.05) is 0 Å². The van der Waals surface area contributed by atoms with Crippen LogP contribution in [0.5, 0.6) is 0 Å². The maximum absolute atomic E-state index is 15.5. The van der Waals surface area contributed by atoms with E-state index in [1.807, 2.05) is 27.7 Å². The maximum atomic E-state index is 15.5. The van der Waals surface area contributed by atoms with E-state index in [-0.39, 0.29) is 11.1 Å². The van der Waals surface area contributed by atoms with E-state index in [1.165, 1.54) is 25.3 Å². The minimum absolute atomic E-state index is 0.103. The van der Waals surface area contributed by atoms with Gasteiger partial charge in [-0.1, -0.05) is 44.9 Å². The third-order valence-electron chi connectivity index (χ3n) is 7.19. The summed E-state index contributed by atoms with van der Waals surface area (Å²) in [7, 11) is -1.96.